The van der Waals surface area contributed by atoms with Crippen LogP contribution in [-0.4, -0.2) is 24.8 Å². The van der Waals surface area contributed by atoms with Crippen LogP contribution in [0.25, 0.3) is 0 Å². The lowest BCUT2D eigenvalue weighted by atomic mass is 10.00. The van der Waals surface area contributed by atoms with Crippen LogP contribution in [0.1, 0.15) is 34.6 Å². The molecule has 2 heteroatoms. The van der Waals surface area contributed by atoms with E-state index in [1.54, 1.807) is 7.11 Å². The fourth-order valence-corrected chi connectivity index (χ4v) is 0.877. The second-order valence-electron chi connectivity index (χ2n) is 3.85. The SMILES string of the molecule is COC(C)(C)C(C)NC(C)C. The molecule has 0 saturated heterocycles. The van der Waals surface area contributed by atoms with Crippen molar-refractivity contribution in [2.75, 3.05) is 7.11 Å². The van der Waals surface area contributed by atoms with Gasteiger partial charge in [-0.2, -0.15) is 0 Å². The van der Waals surface area contributed by atoms with Gasteiger partial charge in [-0.15, -0.1) is 0 Å². The monoisotopic (exact) mass is 159 g/mol. The van der Waals surface area contributed by atoms with Gasteiger partial charge in [0.25, 0.3) is 0 Å². The van der Waals surface area contributed by atoms with E-state index in [0.717, 1.165) is 0 Å². The van der Waals surface area contributed by atoms with Crippen molar-refractivity contribution in [3.8, 4) is 0 Å². The number of ether oxygens (including phenoxy) is 1. The molecule has 0 radical (unpaired) electrons. The summed E-state index contributed by atoms with van der Waals surface area (Å²) in [7, 11) is 1.75. The molecule has 11 heavy (non-hydrogen) atoms. The lowest BCUT2D eigenvalue weighted by molar-refractivity contribution is -0.00704. The molecule has 0 heterocycles. The number of hydrogen-bond donors (Lipinski definition) is 1. The highest BCUT2D eigenvalue weighted by atomic mass is 16.5. The van der Waals surface area contributed by atoms with Gasteiger partial charge in [0.15, 0.2) is 0 Å². The Morgan fingerprint density at radius 1 is 1.18 bits per heavy atom. The molecule has 0 saturated carbocycles. The van der Waals surface area contributed by atoms with E-state index in [1.165, 1.54) is 0 Å². The van der Waals surface area contributed by atoms with E-state index in [2.05, 4.69) is 39.9 Å². The van der Waals surface area contributed by atoms with Gasteiger partial charge < -0.3 is 10.1 Å². The minimum atomic E-state index is -0.0791. The Labute approximate surface area is 70.3 Å². The fourth-order valence-electron chi connectivity index (χ4n) is 0.877. The molecule has 0 rings (SSSR count). The first kappa shape index (κ1) is 10.9. The highest BCUT2D eigenvalue weighted by molar-refractivity contribution is 4.82. The molecule has 68 valence electrons. The maximum Gasteiger partial charge on any atom is 0.0772 e. The predicted molar refractivity (Wildman–Crippen MR) is 48.8 cm³/mol. The molecule has 0 spiro atoms. The van der Waals surface area contributed by atoms with E-state index in [-0.39, 0.29) is 5.60 Å². The van der Waals surface area contributed by atoms with Crippen LogP contribution in [0.4, 0.5) is 0 Å². The number of methoxy groups -OCH3 is 1. The Kier molecular flexibility index (Phi) is 4.04. The maximum absolute atomic E-state index is 5.34. The molecule has 0 aromatic heterocycles. The van der Waals surface area contributed by atoms with Gasteiger partial charge in [-0.3, -0.25) is 0 Å². The molecule has 0 aliphatic rings. The van der Waals surface area contributed by atoms with Crippen LogP contribution in [0, 0.1) is 0 Å². The van der Waals surface area contributed by atoms with Crippen molar-refractivity contribution in [2.45, 2.75) is 52.3 Å². The molecule has 1 unspecified atom stereocenters. The Morgan fingerprint density at radius 3 is 1.91 bits per heavy atom. The van der Waals surface area contributed by atoms with E-state index in [1.807, 2.05) is 0 Å². The molecular weight excluding hydrogens is 138 g/mol. The quantitative estimate of drug-likeness (QED) is 0.675. The zero-order valence-electron chi connectivity index (χ0n) is 8.56. The fraction of sp³-hybridized carbons (Fsp3) is 1.00. The average molecular weight is 159 g/mol. The molecule has 0 aliphatic carbocycles. The number of nitrogens with one attached hydrogen (secondary N) is 1. The third-order valence-electron chi connectivity index (χ3n) is 2.15. The molecular formula is C9H21NO. The molecule has 0 aliphatic heterocycles. The third-order valence-corrected chi connectivity index (χ3v) is 2.15. The number of hydrogen-bond acceptors (Lipinski definition) is 2. The molecule has 1 atom stereocenters. The lowest BCUT2D eigenvalue weighted by Crippen LogP contribution is -2.48. The first-order valence-corrected chi connectivity index (χ1v) is 4.21. The van der Waals surface area contributed by atoms with Gasteiger partial charge in [0.1, 0.15) is 0 Å². The van der Waals surface area contributed by atoms with E-state index in [9.17, 15) is 0 Å². The summed E-state index contributed by atoms with van der Waals surface area (Å²) in [5.74, 6) is 0. The third kappa shape index (κ3) is 3.73. The maximum atomic E-state index is 5.34. The summed E-state index contributed by atoms with van der Waals surface area (Å²) in [6.07, 6.45) is 0. The highest BCUT2D eigenvalue weighted by Gasteiger charge is 2.24. The standard InChI is InChI=1S/C9H21NO/c1-7(2)10-8(3)9(4,5)11-6/h7-8,10H,1-6H3. The summed E-state index contributed by atoms with van der Waals surface area (Å²) in [6.45, 7) is 10.6. The molecule has 2 nitrogen and oxygen atoms in total. The smallest absolute Gasteiger partial charge is 0.0772 e. The Balaban J connectivity index is 3.90. The van der Waals surface area contributed by atoms with Crippen molar-refractivity contribution >= 4 is 0 Å². The van der Waals surface area contributed by atoms with E-state index >= 15 is 0 Å². The zero-order chi connectivity index (χ0) is 9.07. The Hall–Kier alpha value is -0.0800. The lowest BCUT2D eigenvalue weighted by Gasteiger charge is -2.32. The average Bonchev–Trinajstić information content (AvgIpc) is 1.86. The zero-order valence-corrected chi connectivity index (χ0v) is 8.56. The second-order valence-corrected chi connectivity index (χ2v) is 3.85. The van der Waals surface area contributed by atoms with Crippen molar-refractivity contribution in [1.82, 2.24) is 5.32 Å². The van der Waals surface area contributed by atoms with Crippen molar-refractivity contribution in [1.29, 1.82) is 0 Å². The molecule has 0 aromatic rings. The summed E-state index contributed by atoms with van der Waals surface area (Å²) in [5.41, 5.74) is -0.0791. The minimum Gasteiger partial charge on any atom is -0.377 e. The summed E-state index contributed by atoms with van der Waals surface area (Å²) in [5, 5.41) is 3.41. The Bertz CT molecular complexity index is 110. The van der Waals surface area contributed by atoms with Crippen molar-refractivity contribution < 1.29 is 4.74 Å². The van der Waals surface area contributed by atoms with Gasteiger partial charge >= 0.3 is 0 Å². The molecule has 0 aromatic carbocycles. The van der Waals surface area contributed by atoms with Crippen molar-refractivity contribution in [2.24, 2.45) is 0 Å². The van der Waals surface area contributed by atoms with Crippen LogP contribution in [0.15, 0.2) is 0 Å². The van der Waals surface area contributed by atoms with E-state index in [4.69, 9.17) is 4.74 Å². The van der Waals surface area contributed by atoms with Gasteiger partial charge in [0.05, 0.1) is 5.60 Å². The van der Waals surface area contributed by atoms with E-state index < -0.39 is 0 Å². The first-order valence-electron chi connectivity index (χ1n) is 4.21. The number of rotatable bonds is 4. The molecule has 0 fully saturated rings. The minimum absolute atomic E-state index is 0.0791. The van der Waals surface area contributed by atoms with Gasteiger partial charge in [0.2, 0.25) is 0 Å². The predicted octanol–water partition coefficient (Wildman–Crippen LogP) is 1.80. The summed E-state index contributed by atoms with van der Waals surface area (Å²) in [4.78, 5) is 0. The molecule has 0 bridgehead atoms. The topological polar surface area (TPSA) is 21.3 Å². The second kappa shape index (κ2) is 4.07. The summed E-state index contributed by atoms with van der Waals surface area (Å²) >= 11 is 0. The van der Waals surface area contributed by atoms with Crippen LogP contribution < -0.4 is 5.32 Å². The summed E-state index contributed by atoms with van der Waals surface area (Å²) < 4.78 is 5.34. The van der Waals surface area contributed by atoms with Gasteiger partial charge in [-0.1, -0.05) is 13.8 Å². The van der Waals surface area contributed by atoms with Crippen LogP contribution >= 0.6 is 0 Å². The Morgan fingerprint density at radius 2 is 1.64 bits per heavy atom. The first-order chi connectivity index (χ1) is 4.90. The normalized spacial score (nSPS) is 15.5. The van der Waals surface area contributed by atoms with Gasteiger partial charge in [-0.25, -0.2) is 0 Å². The van der Waals surface area contributed by atoms with Crippen molar-refractivity contribution in [3.63, 3.8) is 0 Å². The molecule has 0 amide bonds. The van der Waals surface area contributed by atoms with Gasteiger partial charge in [-0.05, 0) is 20.8 Å². The van der Waals surface area contributed by atoms with Crippen LogP contribution in [0.5, 0.6) is 0 Å². The summed E-state index contributed by atoms with van der Waals surface area (Å²) in [6, 6.07) is 0.895. The molecule has 1 N–H and O–H groups in total. The van der Waals surface area contributed by atoms with Crippen LogP contribution in [0.2, 0.25) is 0 Å². The highest BCUT2D eigenvalue weighted by Crippen LogP contribution is 2.13. The van der Waals surface area contributed by atoms with Crippen LogP contribution in [0.3, 0.4) is 0 Å². The van der Waals surface area contributed by atoms with E-state index in [0.29, 0.717) is 12.1 Å². The van der Waals surface area contributed by atoms with Crippen molar-refractivity contribution in [3.05, 3.63) is 0 Å². The largest absolute Gasteiger partial charge is 0.377 e. The van der Waals surface area contributed by atoms with Crippen LogP contribution in [-0.2, 0) is 4.74 Å². The van der Waals surface area contributed by atoms with Gasteiger partial charge in [0, 0.05) is 19.2 Å².